The first-order valence-electron chi connectivity index (χ1n) is 11.6. The largest absolute Gasteiger partial charge is 0.507 e. The van der Waals surface area contributed by atoms with Crippen molar-refractivity contribution < 1.29 is 29.1 Å². The Hall–Kier alpha value is -4.50. The predicted octanol–water partition coefficient (Wildman–Crippen LogP) is 4.55. The number of carbonyl (C=O) groups is 2. The number of amides is 1. The lowest BCUT2D eigenvalue weighted by molar-refractivity contribution is -0.384. The van der Waals surface area contributed by atoms with Crippen LogP contribution in [0.25, 0.3) is 5.76 Å². The van der Waals surface area contributed by atoms with E-state index in [9.17, 15) is 24.8 Å². The number of methoxy groups -OCH3 is 1. The van der Waals surface area contributed by atoms with Crippen LogP contribution in [0.1, 0.15) is 28.3 Å². The van der Waals surface area contributed by atoms with Crippen molar-refractivity contribution in [2.45, 2.75) is 19.6 Å². The molecule has 190 valence electrons. The van der Waals surface area contributed by atoms with Crippen LogP contribution in [0.5, 0.6) is 5.75 Å². The molecule has 0 radical (unpaired) electrons. The molecule has 0 aliphatic carbocycles. The first-order chi connectivity index (χ1) is 17.8. The summed E-state index contributed by atoms with van der Waals surface area (Å²) in [4.78, 5) is 38.0. The van der Waals surface area contributed by atoms with Crippen LogP contribution in [-0.2, 0) is 20.9 Å². The minimum absolute atomic E-state index is 0.0664. The predicted molar refractivity (Wildman–Crippen MR) is 136 cm³/mol. The molecule has 1 saturated heterocycles. The van der Waals surface area contributed by atoms with Crippen molar-refractivity contribution in [3.8, 4) is 5.75 Å². The number of nitro groups is 1. The summed E-state index contributed by atoms with van der Waals surface area (Å²) < 4.78 is 10.9. The molecule has 0 unspecified atom stereocenters. The van der Waals surface area contributed by atoms with E-state index in [1.807, 2.05) is 31.2 Å². The lowest BCUT2D eigenvalue weighted by Gasteiger charge is -2.25. The number of ketones is 1. The monoisotopic (exact) mass is 502 g/mol. The number of aryl methyl sites for hydroxylation is 1. The van der Waals surface area contributed by atoms with E-state index in [1.54, 1.807) is 30.3 Å². The van der Waals surface area contributed by atoms with Gasteiger partial charge in [-0.25, -0.2) is 0 Å². The number of aliphatic hydroxyl groups is 1. The average Bonchev–Trinajstić information content (AvgIpc) is 3.15. The number of likely N-dealkylation sites (tertiary alicyclic amines) is 1. The molecule has 3 aromatic rings. The van der Waals surface area contributed by atoms with Crippen molar-refractivity contribution >= 4 is 23.1 Å². The molecule has 1 fully saturated rings. The molecule has 0 aromatic heterocycles. The molecule has 9 heteroatoms. The highest BCUT2D eigenvalue weighted by molar-refractivity contribution is 6.46. The zero-order valence-electron chi connectivity index (χ0n) is 20.4. The second-order valence-electron chi connectivity index (χ2n) is 8.64. The van der Waals surface area contributed by atoms with Crippen molar-refractivity contribution in [3.63, 3.8) is 0 Å². The van der Waals surface area contributed by atoms with E-state index in [1.165, 1.54) is 30.2 Å². The molecule has 3 aromatic carbocycles. The topological polar surface area (TPSA) is 119 Å². The minimum Gasteiger partial charge on any atom is -0.507 e. The van der Waals surface area contributed by atoms with Gasteiger partial charge in [-0.05, 0) is 42.3 Å². The Labute approximate surface area is 213 Å². The molecule has 1 N–H and O–H groups in total. The molecule has 37 heavy (non-hydrogen) atoms. The molecule has 1 heterocycles. The van der Waals surface area contributed by atoms with E-state index in [0.717, 1.165) is 11.1 Å². The molecule has 1 atom stereocenters. The molecular formula is C28H26N2O7. The standard InChI is InChI=1S/C28H26N2O7/c1-18-5-3-6-19(15-18)17-37-23-11-9-20(10-12-23)26(31)24-25(21-7-4-8-22(16-21)30(34)35)29(13-14-36-2)28(33)27(24)32/h3-12,15-16,25,31H,13-14,17H2,1-2H3/t25-/m1/s1. The van der Waals surface area contributed by atoms with Gasteiger partial charge in [-0.3, -0.25) is 19.7 Å². The van der Waals surface area contributed by atoms with Crippen LogP contribution < -0.4 is 4.74 Å². The van der Waals surface area contributed by atoms with Crippen molar-refractivity contribution in [1.82, 2.24) is 4.90 Å². The van der Waals surface area contributed by atoms with Crippen molar-refractivity contribution in [2.24, 2.45) is 0 Å². The number of Topliss-reactive ketones (excluding diaryl/α,β-unsaturated/α-hetero) is 1. The zero-order valence-corrected chi connectivity index (χ0v) is 20.4. The van der Waals surface area contributed by atoms with Crippen LogP contribution >= 0.6 is 0 Å². The number of nitro benzene ring substituents is 1. The maximum absolute atomic E-state index is 13.0. The second-order valence-corrected chi connectivity index (χ2v) is 8.64. The summed E-state index contributed by atoms with van der Waals surface area (Å²) in [6, 6.07) is 19.1. The third-order valence-corrected chi connectivity index (χ3v) is 6.09. The fourth-order valence-electron chi connectivity index (χ4n) is 4.29. The highest BCUT2D eigenvalue weighted by atomic mass is 16.6. The van der Waals surface area contributed by atoms with E-state index < -0.39 is 22.7 Å². The molecule has 9 nitrogen and oxygen atoms in total. The molecule has 0 saturated carbocycles. The van der Waals surface area contributed by atoms with Crippen LogP contribution in [0.4, 0.5) is 5.69 Å². The fourth-order valence-corrected chi connectivity index (χ4v) is 4.29. The number of hydrogen-bond acceptors (Lipinski definition) is 7. The van der Waals surface area contributed by atoms with Crippen LogP contribution in [0.15, 0.2) is 78.4 Å². The van der Waals surface area contributed by atoms with Gasteiger partial charge in [0.25, 0.3) is 17.4 Å². The molecule has 1 aliphatic rings. The van der Waals surface area contributed by atoms with Gasteiger partial charge in [-0.1, -0.05) is 42.0 Å². The number of nitrogens with zero attached hydrogens (tertiary/aromatic N) is 2. The van der Waals surface area contributed by atoms with E-state index >= 15 is 0 Å². The van der Waals surface area contributed by atoms with Crippen LogP contribution in [-0.4, -0.2) is 46.9 Å². The first-order valence-corrected chi connectivity index (χ1v) is 11.6. The van der Waals surface area contributed by atoms with Gasteiger partial charge in [0.15, 0.2) is 0 Å². The molecule has 1 aliphatic heterocycles. The Bertz CT molecular complexity index is 1360. The van der Waals surface area contributed by atoms with Gasteiger partial charge in [0.1, 0.15) is 18.1 Å². The highest BCUT2D eigenvalue weighted by Crippen LogP contribution is 2.40. The molecule has 0 bridgehead atoms. The Morgan fingerprint density at radius 3 is 2.46 bits per heavy atom. The van der Waals surface area contributed by atoms with E-state index in [0.29, 0.717) is 23.5 Å². The van der Waals surface area contributed by atoms with Crippen molar-refractivity contribution in [1.29, 1.82) is 0 Å². The second kappa shape index (κ2) is 11.0. The first kappa shape index (κ1) is 25.6. The fraction of sp³-hybridized carbons (Fsp3) is 0.214. The van der Waals surface area contributed by atoms with Gasteiger partial charge in [0.2, 0.25) is 0 Å². The quantitative estimate of drug-likeness (QED) is 0.150. The SMILES string of the molecule is COCCN1C(=O)C(=O)C(=C(O)c2ccc(OCc3cccc(C)c3)cc2)[C@H]1c1cccc([N+](=O)[O-])c1. The Morgan fingerprint density at radius 2 is 1.78 bits per heavy atom. The summed E-state index contributed by atoms with van der Waals surface area (Å²) in [7, 11) is 1.46. The lowest BCUT2D eigenvalue weighted by Crippen LogP contribution is -2.32. The van der Waals surface area contributed by atoms with Gasteiger partial charge < -0.3 is 19.5 Å². The van der Waals surface area contributed by atoms with Crippen molar-refractivity contribution in [3.05, 3.63) is 111 Å². The van der Waals surface area contributed by atoms with Gasteiger partial charge >= 0.3 is 0 Å². The van der Waals surface area contributed by atoms with Gasteiger partial charge in [0.05, 0.1) is 23.1 Å². The van der Waals surface area contributed by atoms with E-state index in [4.69, 9.17) is 9.47 Å². The summed E-state index contributed by atoms with van der Waals surface area (Å²) in [6.07, 6.45) is 0. The van der Waals surface area contributed by atoms with E-state index in [-0.39, 0.29) is 30.2 Å². The van der Waals surface area contributed by atoms with Gasteiger partial charge in [-0.2, -0.15) is 0 Å². The Balaban J connectivity index is 1.67. The highest BCUT2D eigenvalue weighted by Gasteiger charge is 2.46. The van der Waals surface area contributed by atoms with Crippen LogP contribution in [0, 0.1) is 17.0 Å². The summed E-state index contributed by atoms with van der Waals surface area (Å²) in [5.74, 6) is -1.49. The zero-order chi connectivity index (χ0) is 26.5. The number of rotatable bonds is 9. The Kier molecular flexibility index (Phi) is 7.64. The Morgan fingerprint density at radius 1 is 1.05 bits per heavy atom. The number of non-ortho nitro benzene ring substituents is 1. The number of ether oxygens (including phenoxy) is 2. The number of benzene rings is 3. The summed E-state index contributed by atoms with van der Waals surface area (Å²) in [5, 5.41) is 22.5. The third-order valence-electron chi connectivity index (χ3n) is 6.09. The van der Waals surface area contributed by atoms with E-state index in [2.05, 4.69) is 0 Å². The van der Waals surface area contributed by atoms with Gasteiger partial charge in [-0.15, -0.1) is 0 Å². The molecular weight excluding hydrogens is 476 g/mol. The molecule has 4 rings (SSSR count). The van der Waals surface area contributed by atoms with Gasteiger partial charge in [0, 0.05) is 31.4 Å². The number of carbonyl (C=O) groups excluding carboxylic acids is 2. The minimum atomic E-state index is -1.01. The molecule has 0 spiro atoms. The summed E-state index contributed by atoms with van der Waals surface area (Å²) in [6.45, 7) is 2.58. The summed E-state index contributed by atoms with van der Waals surface area (Å²) >= 11 is 0. The summed E-state index contributed by atoms with van der Waals surface area (Å²) in [5.41, 5.74) is 2.45. The van der Waals surface area contributed by atoms with Crippen molar-refractivity contribution in [2.75, 3.05) is 20.3 Å². The smallest absolute Gasteiger partial charge is 0.295 e. The average molecular weight is 503 g/mol. The maximum atomic E-state index is 13.0. The lowest BCUT2D eigenvalue weighted by atomic mass is 9.95. The number of aliphatic hydroxyl groups excluding tert-OH is 1. The van der Waals surface area contributed by atoms with Crippen LogP contribution in [0.2, 0.25) is 0 Å². The maximum Gasteiger partial charge on any atom is 0.295 e. The third kappa shape index (κ3) is 5.52. The number of hydrogen-bond donors (Lipinski definition) is 1. The van der Waals surface area contributed by atoms with Crippen LogP contribution in [0.3, 0.4) is 0 Å². The molecule has 1 amide bonds. The normalized spacial score (nSPS) is 16.7.